The van der Waals surface area contributed by atoms with Crippen molar-refractivity contribution in [1.29, 1.82) is 5.26 Å². The lowest BCUT2D eigenvalue weighted by Gasteiger charge is -2.54. The number of nitrogens with zero attached hydrogens (tertiary/aromatic N) is 6. The third-order valence-electron chi connectivity index (χ3n) is 8.30. The molecular weight excluding hydrogens is 547 g/mol. The number of hydrogen-bond donors (Lipinski definition) is 0. The van der Waals surface area contributed by atoms with Gasteiger partial charge >= 0.3 is 6.18 Å². The Kier molecular flexibility index (Phi) is 6.70. The van der Waals surface area contributed by atoms with E-state index in [9.17, 15) is 27.2 Å². The molecule has 1 aromatic carbocycles. The summed E-state index contributed by atoms with van der Waals surface area (Å²) in [6, 6.07) is 9.13. The van der Waals surface area contributed by atoms with Crippen LogP contribution in [0.15, 0.2) is 30.6 Å². The molecule has 2 fully saturated rings. The van der Waals surface area contributed by atoms with Gasteiger partial charge in [0, 0.05) is 40.8 Å². The van der Waals surface area contributed by atoms with Gasteiger partial charge in [-0.2, -0.15) is 18.4 Å². The summed E-state index contributed by atoms with van der Waals surface area (Å²) in [5.41, 5.74) is 3.18. The molecule has 210 valence electrons. The van der Waals surface area contributed by atoms with E-state index in [0.717, 1.165) is 73.4 Å². The second-order valence-electron chi connectivity index (χ2n) is 11.0. The Bertz CT molecular complexity index is 1600. The molecule has 2 saturated heterocycles. The second-order valence-corrected chi connectivity index (χ2v) is 12.1. The van der Waals surface area contributed by atoms with E-state index in [0.29, 0.717) is 21.6 Å². The van der Waals surface area contributed by atoms with Gasteiger partial charge in [-0.1, -0.05) is 6.07 Å². The molecule has 0 atom stereocenters. The molecule has 2 aliphatic rings. The van der Waals surface area contributed by atoms with E-state index in [1.807, 2.05) is 25.1 Å². The van der Waals surface area contributed by atoms with Crippen LogP contribution in [0.4, 0.5) is 27.8 Å². The van der Waals surface area contributed by atoms with Crippen LogP contribution in [-0.4, -0.2) is 58.2 Å². The van der Waals surface area contributed by atoms with Crippen LogP contribution >= 0.6 is 11.3 Å². The standard InChI is InChI=1S/C28H27F5N6S/c1-17-18(2-3-23-21(17)8-19(11-34)39(23)13-24(29)30)12-37-6-4-27(5-7-37)14-38(15-27)25-22-9-20(10-28(31,32)33)40-26(22)36-16-35-25/h2-3,8-9,16,24H,4-7,10,12-15H2,1H3. The predicted molar refractivity (Wildman–Crippen MR) is 144 cm³/mol. The molecule has 6 rings (SSSR count). The summed E-state index contributed by atoms with van der Waals surface area (Å²) in [6.45, 7) is 5.68. The number of benzene rings is 1. The largest absolute Gasteiger partial charge is 0.393 e. The van der Waals surface area contributed by atoms with E-state index in [-0.39, 0.29) is 16.0 Å². The third-order valence-corrected chi connectivity index (χ3v) is 9.34. The molecule has 0 amide bonds. The number of nitriles is 1. The second kappa shape index (κ2) is 9.96. The number of halogens is 5. The molecule has 4 aromatic rings. The average molecular weight is 575 g/mol. The Labute approximate surface area is 231 Å². The molecule has 40 heavy (non-hydrogen) atoms. The number of alkyl halides is 5. The quantitative estimate of drug-likeness (QED) is 0.253. The molecular formula is C28H27F5N6S. The molecule has 0 unspecified atom stereocenters. The zero-order valence-electron chi connectivity index (χ0n) is 21.8. The van der Waals surface area contributed by atoms with E-state index < -0.39 is 25.6 Å². The number of fused-ring (bicyclic) bond motifs is 2. The number of anilines is 1. The summed E-state index contributed by atoms with van der Waals surface area (Å²) < 4.78 is 66.3. The van der Waals surface area contributed by atoms with Crippen molar-refractivity contribution in [2.75, 3.05) is 31.1 Å². The van der Waals surface area contributed by atoms with E-state index in [1.165, 1.54) is 10.9 Å². The first-order valence-electron chi connectivity index (χ1n) is 13.1. The number of aryl methyl sites for hydroxylation is 1. The lowest BCUT2D eigenvalue weighted by atomic mass is 9.72. The van der Waals surface area contributed by atoms with Gasteiger partial charge in [0.25, 0.3) is 6.43 Å². The molecule has 0 saturated carbocycles. The first-order valence-corrected chi connectivity index (χ1v) is 13.9. The lowest BCUT2D eigenvalue weighted by Crippen LogP contribution is -2.60. The average Bonchev–Trinajstić information content (AvgIpc) is 3.44. The van der Waals surface area contributed by atoms with Crippen molar-refractivity contribution in [3.63, 3.8) is 0 Å². The predicted octanol–water partition coefficient (Wildman–Crippen LogP) is 6.30. The van der Waals surface area contributed by atoms with Crippen molar-refractivity contribution in [2.24, 2.45) is 5.41 Å². The van der Waals surface area contributed by atoms with E-state index >= 15 is 0 Å². The van der Waals surface area contributed by atoms with Crippen molar-refractivity contribution >= 4 is 38.3 Å². The van der Waals surface area contributed by atoms with Crippen LogP contribution in [0.25, 0.3) is 21.1 Å². The lowest BCUT2D eigenvalue weighted by molar-refractivity contribution is -0.126. The molecule has 12 heteroatoms. The van der Waals surface area contributed by atoms with Gasteiger partial charge in [-0.25, -0.2) is 18.7 Å². The van der Waals surface area contributed by atoms with Crippen LogP contribution in [0, 0.1) is 23.7 Å². The molecule has 0 radical (unpaired) electrons. The highest BCUT2D eigenvalue weighted by molar-refractivity contribution is 7.18. The number of aromatic nitrogens is 3. The van der Waals surface area contributed by atoms with Crippen molar-refractivity contribution < 1.29 is 22.0 Å². The van der Waals surface area contributed by atoms with Gasteiger partial charge in [0.1, 0.15) is 28.7 Å². The zero-order valence-corrected chi connectivity index (χ0v) is 22.6. The van der Waals surface area contributed by atoms with E-state index in [1.54, 1.807) is 12.1 Å². The van der Waals surface area contributed by atoms with Gasteiger partial charge in [0.05, 0.1) is 18.4 Å². The number of likely N-dealkylation sites (tertiary alicyclic amines) is 1. The highest BCUT2D eigenvalue weighted by Crippen LogP contribution is 2.45. The van der Waals surface area contributed by atoms with Gasteiger partial charge < -0.3 is 9.47 Å². The summed E-state index contributed by atoms with van der Waals surface area (Å²) in [5.74, 6) is 0.710. The Balaban J connectivity index is 1.11. The number of rotatable bonds is 6. The van der Waals surface area contributed by atoms with Gasteiger partial charge in [-0.3, -0.25) is 4.90 Å². The Morgan fingerprint density at radius 3 is 2.52 bits per heavy atom. The van der Waals surface area contributed by atoms with Crippen molar-refractivity contribution in [1.82, 2.24) is 19.4 Å². The van der Waals surface area contributed by atoms with Crippen LogP contribution in [0.2, 0.25) is 0 Å². The summed E-state index contributed by atoms with van der Waals surface area (Å²) >= 11 is 1.07. The molecule has 5 heterocycles. The minimum atomic E-state index is -4.26. The topological polar surface area (TPSA) is 61.0 Å². The van der Waals surface area contributed by atoms with E-state index in [2.05, 4.69) is 19.8 Å². The maximum Gasteiger partial charge on any atom is 0.393 e. The minimum Gasteiger partial charge on any atom is -0.355 e. The zero-order chi connectivity index (χ0) is 28.2. The Morgan fingerprint density at radius 2 is 1.85 bits per heavy atom. The normalized spacial score (nSPS) is 17.7. The third kappa shape index (κ3) is 5.01. The van der Waals surface area contributed by atoms with Crippen LogP contribution in [0.5, 0.6) is 0 Å². The first-order chi connectivity index (χ1) is 19.0. The number of hydrogen-bond acceptors (Lipinski definition) is 6. The molecule has 0 bridgehead atoms. The molecule has 1 spiro atoms. The fourth-order valence-corrected chi connectivity index (χ4v) is 7.23. The molecule has 0 aliphatic carbocycles. The van der Waals surface area contributed by atoms with E-state index in [4.69, 9.17) is 0 Å². The summed E-state index contributed by atoms with van der Waals surface area (Å²) in [4.78, 5) is 14.0. The van der Waals surface area contributed by atoms with Crippen molar-refractivity contribution in [3.05, 3.63) is 52.3 Å². The van der Waals surface area contributed by atoms with Gasteiger partial charge in [-0.15, -0.1) is 11.3 Å². The molecule has 3 aromatic heterocycles. The summed E-state index contributed by atoms with van der Waals surface area (Å²) in [5, 5.41) is 11.0. The van der Waals surface area contributed by atoms with Crippen molar-refractivity contribution in [3.8, 4) is 6.07 Å². The maximum absolute atomic E-state index is 13.1. The minimum absolute atomic E-state index is 0.159. The highest BCUT2D eigenvalue weighted by Gasteiger charge is 2.46. The van der Waals surface area contributed by atoms with Crippen molar-refractivity contribution in [2.45, 2.75) is 51.9 Å². The van der Waals surface area contributed by atoms with Crippen LogP contribution in [0.3, 0.4) is 0 Å². The van der Waals surface area contributed by atoms with Crippen LogP contribution < -0.4 is 4.90 Å². The molecule has 6 nitrogen and oxygen atoms in total. The SMILES string of the molecule is Cc1c(CN2CCC3(CC2)CN(c2ncnc4sc(CC(F)(F)F)cc24)C3)ccc2c1cc(C#N)n2CC(F)F. The maximum atomic E-state index is 13.1. The number of piperidine rings is 1. The Morgan fingerprint density at radius 1 is 1.10 bits per heavy atom. The van der Waals surface area contributed by atoms with Crippen LogP contribution in [-0.2, 0) is 19.5 Å². The fourth-order valence-electron chi connectivity index (χ4n) is 6.21. The highest BCUT2D eigenvalue weighted by atomic mass is 32.1. The fraction of sp³-hybridized carbons (Fsp3) is 0.464. The molecule has 0 N–H and O–H groups in total. The van der Waals surface area contributed by atoms with Gasteiger partial charge in [0.2, 0.25) is 0 Å². The summed E-state index contributed by atoms with van der Waals surface area (Å²) in [6.07, 6.45) is -4.31. The number of thiophene rings is 1. The van der Waals surface area contributed by atoms with Crippen LogP contribution in [0.1, 0.15) is 34.5 Å². The smallest absolute Gasteiger partial charge is 0.355 e. The first kappa shape index (κ1) is 26.9. The Hall–Kier alpha value is -3.30. The summed E-state index contributed by atoms with van der Waals surface area (Å²) in [7, 11) is 0. The van der Waals surface area contributed by atoms with Gasteiger partial charge in [0.15, 0.2) is 0 Å². The molecule has 2 aliphatic heterocycles. The monoisotopic (exact) mass is 574 g/mol. The van der Waals surface area contributed by atoms with Gasteiger partial charge in [-0.05, 0) is 62.2 Å².